The Balaban J connectivity index is 1.36. The van der Waals surface area contributed by atoms with Gasteiger partial charge in [-0.25, -0.2) is 4.39 Å². The molecule has 0 bridgehead atoms. The van der Waals surface area contributed by atoms with Gasteiger partial charge in [0.2, 0.25) is 5.89 Å². The van der Waals surface area contributed by atoms with E-state index in [0.29, 0.717) is 12.0 Å². The Morgan fingerprint density at radius 1 is 1.24 bits per heavy atom. The normalized spacial score (nSPS) is 23.7. The van der Waals surface area contributed by atoms with Crippen LogP contribution >= 0.6 is 0 Å². The first-order valence-corrected chi connectivity index (χ1v) is 9.16. The van der Waals surface area contributed by atoms with Gasteiger partial charge in [0.05, 0.1) is 6.04 Å². The van der Waals surface area contributed by atoms with Gasteiger partial charge < -0.3 is 4.52 Å². The largest absolute Gasteiger partial charge is 0.338 e. The lowest BCUT2D eigenvalue weighted by Gasteiger charge is -2.41. The number of rotatable bonds is 5. The van der Waals surface area contributed by atoms with Crippen LogP contribution in [0.1, 0.15) is 55.9 Å². The van der Waals surface area contributed by atoms with Crippen LogP contribution in [0.5, 0.6) is 0 Å². The molecule has 4 rings (SSSR count). The highest BCUT2D eigenvalue weighted by Gasteiger charge is 2.33. The molecule has 1 aromatic heterocycles. The van der Waals surface area contributed by atoms with E-state index in [0.717, 1.165) is 43.5 Å². The van der Waals surface area contributed by atoms with Gasteiger partial charge in [-0.15, -0.1) is 0 Å². The van der Waals surface area contributed by atoms with E-state index in [-0.39, 0.29) is 11.9 Å². The molecule has 1 aliphatic heterocycles. The molecule has 2 aliphatic rings. The minimum atomic E-state index is -0.180. The number of hydrogen-bond donors (Lipinski definition) is 0. The Morgan fingerprint density at radius 2 is 2.00 bits per heavy atom. The van der Waals surface area contributed by atoms with Crippen LogP contribution in [0.25, 0.3) is 0 Å². The van der Waals surface area contributed by atoms with E-state index >= 15 is 0 Å². The summed E-state index contributed by atoms with van der Waals surface area (Å²) < 4.78 is 18.6. The summed E-state index contributed by atoms with van der Waals surface area (Å²) in [7, 11) is 0. The lowest BCUT2D eigenvalue weighted by Crippen LogP contribution is -2.52. The maximum atomic E-state index is 13.0. The molecule has 1 saturated heterocycles. The quantitative estimate of drug-likeness (QED) is 0.832. The molecular formula is C19H25FN4O. The molecule has 0 spiro atoms. The molecule has 2 fully saturated rings. The highest BCUT2D eigenvalue weighted by atomic mass is 19.1. The molecule has 25 heavy (non-hydrogen) atoms. The Kier molecular flexibility index (Phi) is 4.56. The van der Waals surface area contributed by atoms with Gasteiger partial charge in [-0.1, -0.05) is 17.3 Å². The second-order valence-corrected chi connectivity index (χ2v) is 7.39. The second kappa shape index (κ2) is 6.84. The predicted molar refractivity (Wildman–Crippen MR) is 92.5 cm³/mol. The van der Waals surface area contributed by atoms with Crippen molar-refractivity contribution < 1.29 is 8.91 Å². The van der Waals surface area contributed by atoms with Crippen molar-refractivity contribution in [3.05, 3.63) is 47.4 Å². The average molecular weight is 344 g/mol. The minimum absolute atomic E-state index is 0.142. The highest BCUT2D eigenvalue weighted by molar-refractivity contribution is 5.16. The average Bonchev–Trinajstić information content (AvgIpc) is 3.34. The van der Waals surface area contributed by atoms with E-state index in [1.807, 2.05) is 12.1 Å². The summed E-state index contributed by atoms with van der Waals surface area (Å²) in [5.41, 5.74) is 1.15. The van der Waals surface area contributed by atoms with Crippen molar-refractivity contribution in [3.63, 3.8) is 0 Å². The molecule has 0 unspecified atom stereocenters. The Hall–Kier alpha value is -1.79. The summed E-state index contributed by atoms with van der Waals surface area (Å²) in [4.78, 5) is 9.47. The third kappa shape index (κ3) is 3.75. The molecule has 0 radical (unpaired) electrons. The fraction of sp³-hybridized carbons (Fsp3) is 0.579. The van der Waals surface area contributed by atoms with Crippen molar-refractivity contribution >= 4 is 0 Å². The Bertz CT molecular complexity index is 712. The molecule has 0 amide bonds. The van der Waals surface area contributed by atoms with Crippen molar-refractivity contribution in [1.82, 2.24) is 19.9 Å². The molecule has 2 heterocycles. The zero-order valence-corrected chi connectivity index (χ0v) is 14.9. The van der Waals surface area contributed by atoms with Gasteiger partial charge in [0.1, 0.15) is 5.82 Å². The predicted octanol–water partition coefficient (Wildman–Crippen LogP) is 3.35. The number of piperazine rings is 1. The molecule has 1 aromatic carbocycles. The van der Waals surface area contributed by atoms with Crippen LogP contribution in [0.15, 0.2) is 28.8 Å². The number of benzene rings is 1. The standard InChI is InChI=1S/C19H25FN4O/c1-13-11-23(12-15-3-7-17(20)8-4-15)9-10-24(13)14(2)19-21-18(22-25-19)16-5-6-16/h3-4,7-8,13-14,16H,5-6,9-12H2,1-2H3/t13-,14-/m0/s1. The van der Waals surface area contributed by atoms with Crippen LogP contribution in [0.4, 0.5) is 4.39 Å². The van der Waals surface area contributed by atoms with Crippen LogP contribution in [-0.2, 0) is 6.54 Å². The van der Waals surface area contributed by atoms with Crippen molar-refractivity contribution in [3.8, 4) is 0 Å². The fourth-order valence-corrected chi connectivity index (χ4v) is 3.68. The van der Waals surface area contributed by atoms with Crippen molar-refractivity contribution in [1.29, 1.82) is 0 Å². The number of nitrogens with zero attached hydrogens (tertiary/aromatic N) is 4. The molecular weight excluding hydrogens is 319 g/mol. The maximum absolute atomic E-state index is 13.0. The van der Waals surface area contributed by atoms with Gasteiger partial charge in [0.15, 0.2) is 5.82 Å². The number of hydrogen-bond acceptors (Lipinski definition) is 5. The molecule has 1 aliphatic carbocycles. The van der Waals surface area contributed by atoms with E-state index in [2.05, 4.69) is 33.8 Å². The van der Waals surface area contributed by atoms with Gasteiger partial charge in [-0.05, 0) is 44.4 Å². The van der Waals surface area contributed by atoms with E-state index < -0.39 is 0 Å². The highest BCUT2D eigenvalue weighted by Crippen LogP contribution is 2.38. The van der Waals surface area contributed by atoms with Crippen LogP contribution in [-0.4, -0.2) is 45.6 Å². The van der Waals surface area contributed by atoms with Gasteiger partial charge in [-0.3, -0.25) is 9.80 Å². The maximum Gasteiger partial charge on any atom is 0.243 e. The van der Waals surface area contributed by atoms with Crippen molar-refractivity contribution in [2.24, 2.45) is 0 Å². The van der Waals surface area contributed by atoms with E-state index in [1.165, 1.54) is 25.0 Å². The summed E-state index contributed by atoms with van der Waals surface area (Å²) in [5, 5.41) is 4.14. The third-order valence-electron chi connectivity index (χ3n) is 5.34. The topological polar surface area (TPSA) is 45.4 Å². The van der Waals surface area contributed by atoms with Gasteiger partial charge >= 0.3 is 0 Å². The Morgan fingerprint density at radius 3 is 2.68 bits per heavy atom. The molecule has 2 aromatic rings. The lowest BCUT2D eigenvalue weighted by atomic mass is 10.1. The second-order valence-electron chi connectivity index (χ2n) is 7.39. The van der Waals surface area contributed by atoms with Crippen LogP contribution < -0.4 is 0 Å². The van der Waals surface area contributed by atoms with Crippen LogP contribution in [0, 0.1) is 5.82 Å². The zero-order valence-electron chi connectivity index (χ0n) is 14.9. The van der Waals surface area contributed by atoms with Crippen molar-refractivity contribution in [2.75, 3.05) is 19.6 Å². The SMILES string of the molecule is C[C@H]1CN(Cc2ccc(F)cc2)CCN1[C@@H](C)c1nc(C2CC2)no1. The monoisotopic (exact) mass is 344 g/mol. The fourth-order valence-electron chi connectivity index (χ4n) is 3.68. The molecule has 134 valence electrons. The zero-order chi connectivity index (χ0) is 17.4. The summed E-state index contributed by atoms with van der Waals surface area (Å²) in [6, 6.07) is 7.34. The lowest BCUT2D eigenvalue weighted by molar-refractivity contribution is 0.0397. The summed E-state index contributed by atoms with van der Waals surface area (Å²) in [5.74, 6) is 1.96. The first-order valence-electron chi connectivity index (χ1n) is 9.16. The Labute approximate surface area is 147 Å². The summed E-state index contributed by atoms with van der Waals surface area (Å²) >= 11 is 0. The van der Waals surface area contributed by atoms with Crippen LogP contribution in [0.3, 0.4) is 0 Å². The number of halogens is 1. The van der Waals surface area contributed by atoms with E-state index in [4.69, 9.17) is 4.52 Å². The molecule has 1 saturated carbocycles. The molecule has 6 heteroatoms. The van der Waals surface area contributed by atoms with Crippen molar-refractivity contribution in [2.45, 2.75) is 51.2 Å². The van der Waals surface area contributed by atoms with Gasteiger partial charge in [-0.2, -0.15) is 4.98 Å². The molecule has 5 nitrogen and oxygen atoms in total. The van der Waals surface area contributed by atoms with Gasteiger partial charge in [0.25, 0.3) is 0 Å². The minimum Gasteiger partial charge on any atom is -0.338 e. The van der Waals surface area contributed by atoms with E-state index in [9.17, 15) is 4.39 Å². The van der Waals surface area contributed by atoms with Crippen LogP contribution in [0.2, 0.25) is 0 Å². The molecule has 2 atom stereocenters. The first-order chi connectivity index (χ1) is 12.1. The third-order valence-corrected chi connectivity index (χ3v) is 5.34. The number of aromatic nitrogens is 2. The summed E-state index contributed by atoms with van der Waals surface area (Å²) in [6.07, 6.45) is 2.37. The smallest absolute Gasteiger partial charge is 0.243 e. The van der Waals surface area contributed by atoms with E-state index in [1.54, 1.807) is 0 Å². The molecule has 0 N–H and O–H groups in total. The summed E-state index contributed by atoms with van der Waals surface area (Å²) in [6.45, 7) is 8.17. The van der Waals surface area contributed by atoms with Gasteiger partial charge in [0, 0.05) is 38.1 Å². The first kappa shape index (κ1) is 16.7.